The van der Waals surface area contributed by atoms with Gasteiger partial charge in [0.05, 0.1) is 24.3 Å². The summed E-state index contributed by atoms with van der Waals surface area (Å²) in [5.41, 5.74) is 1.12. The van der Waals surface area contributed by atoms with Gasteiger partial charge in [0.2, 0.25) is 0 Å². The van der Waals surface area contributed by atoms with Crippen molar-refractivity contribution in [1.29, 1.82) is 0 Å². The maximum Gasteiger partial charge on any atom is 1.00 e. The number of ether oxygens (including phenoxy) is 2. The molecule has 0 amide bonds. The van der Waals surface area contributed by atoms with Crippen molar-refractivity contribution in [2.45, 2.75) is 31.3 Å². The van der Waals surface area contributed by atoms with Crippen molar-refractivity contribution < 1.29 is 33.1 Å². The number of methoxy groups -OCH3 is 2. The van der Waals surface area contributed by atoms with Gasteiger partial charge in [-0.1, -0.05) is 25.7 Å². The summed E-state index contributed by atoms with van der Waals surface area (Å²) in [6.45, 7) is 0. The molecule has 20 heavy (non-hydrogen) atoms. The van der Waals surface area contributed by atoms with Gasteiger partial charge >= 0.3 is 18.9 Å². The summed E-state index contributed by atoms with van der Waals surface area (Å²) in [5.74, 6) is 1.14. The average Bonchev–Trinajstić information content (AvgIpc) is 2.91. The molecule has 6 heteroatoms. The van der Waals surface area contributed by atoms with Crippen molar-refractivity contribution in [3.63, 3.8) is 0 Å². The molecule has 0 saturated heterocycles. The van der Waals surface area contributed by atoms with Crippen LogP contribution in [-0.4, -0.2) is 25.4 Å². The Hall–Kier alpha value is -0.00260. The average molecular weight is 351 g/mol. The first-order valence-corrected chi connectivity index (χ1v) is 8.08. The van der Waals surface area contributed by atoms with E-state index in [0.717, 1.165) is 25.9 Å². The maximum absolute atomic E-state index is 12.5. The summed E-state index contributed by atoms with van der Waals surface area (Å²) in [6.07, 6.45) is 4.76. The summed E-state index contributed by atoms with van der Waals surface area (Å²) in [5, 5.41) is 0. The van der Waals surface area contributed by atoms with Crippen LogP contribution >= 0.6 is 24.5 Å². The summed E-state index contributed by atoms with van der Waals surface area (Å²) in [6, 6.07) is 3.63. The first-order chi connectivity index (χ1) is 9.17. The summed E-state index contributed by atoms with van der Waals surface area (Å²) >= 11 is 3.42. The molecule has 2 rings (SSSR count). The molecule has 1 fully saturated rings. The normalized spacial score (nSPS) is 15.3. The van der Waals surface area contributed by atoms with E-state index in [2.05, 4.69) is 15.9 Å². The van der Waals surface area contributed by atoms with Crippen molar-refractivity contribution in [2.75, 3.05) is 14.2 Å². The van der Waals surface area contributed by atoms with Gasteiger partial charge in [-0.05, 0) is 28.1 Å². The fourth-order valence-electron chi connectivity index (χ4n) is 2.38. The SMILES string of the molecule is COc1ccc(Br)c(OC)c1C(=O)[P-]C1CCCC1.[Li+]. The van der Waals surface area contributed by atoms with Gasteiger partial charge in [-0.2, -0.15) is 5.66 Å². The zero-order valence-electron chi connectivity index (χ0n) is 12.1. The van der Waals surface area contributed by atoms with Crippen LogP contribution in [0.3, 0.4) is 0 Å². The van der Waals surface area contributed by atoms with Gasteiger partial charge in [0.25, 0.3) is 0 Å². The quantitative estimate of drug-likeness (QED) is 0.596. The molecule has 0 heterocycles. The number of halogens is 1. The Balaban J connectivity index is 0.00000200. The molecule has 3 nitrogen and oxygen atoms in total. The Morgan fingerprint density at radius 2 is 1.90 bits per heavy atom. The molecule has 1 aliphatic carbocycles. The van der Waals surface area contributed by atoms with Crippen molar-refractivity contribution in [3.05, 3.63) is 22.2 Å². The first-order valence-electron chi connectivity index (χ1n) is 6.33. The van der Waals surface area contributed by atoms with Crippen LogP contribution in [0.1, 0.15) is 36.0 Å². The molecule has 1 aliphatic rings. The Labute approximate surface area is 142 Å². The van der Waals surface area contributed by atoms with Crippen LogP contribution in [0.25, 0.3) is 0 Å². The zero-order valence-corrected chi connectivity index (χ0v) is 14.6. The summed E-state index contributed by atoms with van der Waals surface area (Å²) < 4.78 is 11.4. The van der Waals surface area contributed by atoms with Crippen LogP contribution < -0.4 is 28.3 Å². The van der Waals surface area contributed by atoms with Gasteiger partial charge in [-0.15, -0.1) is 0 Å². The van der Waals surface area contributed by atoms with E-state index >= 15 is 0 Å². The molecule has 0 N–H and O–H groups in total. The van der Waals surface area contributed by atoms with Crippen LogP contribution in [0.4, 0.5) is 0 Å². The first kappa shape index (κ1) is 18.0. The number of hydrogen-bond donors (Lipinski definition) is 0. The van der Waals surface area contributed by atoms with E-state index in [-0.39, 0.29) is 24.4 Å². The van der Waals surface area contributed by atoms with E-state index in [1.54, 1.807) is 20.3 Å². The van der Waals surface area contributed by atoms with Gasteiger partial charge in [0.15, 0.2) is 0 Å². The predicted octanol–water partition coefficient (Wildman–Crippen LogP) is 1.50. The van der Waals surface area contributed by atoms with Crippen LogP contribution in [0, 0.1) is 0 Å². The van der Waals surface area contributed by atoms with Crippen LogP contribution in [-0.2, 0) is 0 Å². The molecular weight excluding hydrogens is 334 g/mol. The van der Waals surface area contributed by atoms with E-state index in [1.165, 1.54) is 12.8 Å². The standard InChI is InChI=1S/C14H17BrO3P.Li/c1-17-11-8-7-10(15)13(18-2)12(11)14(16)19-9-5-3-4-6-9;/h7-9H,3-6H2,1-2H3;/q-1;+1. The zero-order chi connectivity index (χ0) is 13.8. The number of benzene rings is 1. The van der Waals surface area contributed by atoms with Gasteiger partial charge in [0, 0.05) is 5.52 Å². The molecule has 0 unspecified atom stereocenters. The molecule has 0 aromatic heterocycles. The van der Waals surface area contributed by atoms with Crippen LogP contribution in [0.15, 0.2) is 16.6 Å². The monoisotopic (exact) mass is 350 g/mol. The Bertz CT molecular complexity index is 476. The fraction of sp³-hybridized carbons (Fsp3) is 0.500. The molecule has 0 bridgehead atoms. The second-order valence-electron chi connectivity index (χ2n) is 4.53. The van der Waals surface area contributed by atoms with Crippen LogP contribution in [0.2, 0.25) is 0 Å². The van der Waals surface area contributed by atoms with E-state index < -0.39 is 0 Å². The van der Waals surface area contributed by atoms with Crippen molar-refractivity contribution in [1.82, 2.24) is 0 Å². The minimum Gasteiger partial charge on any atom is -0.496 e. The van der Waals surface area contributed by atoms with E-state index in [9.17, 15) is 4.79 Å². The number of carbonyl (C=O) groups excluding carboxylic acids is 1. The predicted molar refractivity (Wildman–Crippen MR) is 80.8 cm³/mol. The Kier molecular flexibility index (Phi) is 7.62. The minimum absolute atomic E-state index is 0. The number of hydrogen-bond acceptors (Lipinski definition) is 3. The largest absolute Gasteiger partial charge is 1.00 e. The topological polar surface area (TPSA) is 35.5 Å². The van der Waals surface area contributed by atoms with E-state index in [4.69, 9.17) is 9.47 Å². The van der Waals surface area contributed by atoms with Crippen molar-refractivity contribution in [3.8, 4) is 11.5 Å². The molecule has 104 valence electrons. The Morgan fingerprint density at radius 1 is 1.25 bits per heavy atom. The Morgan fingerprint density at radius 3 is 2.45 bits per heavy atom. The van der Waals surface area contributed by atoms with E-state index in [1.807, 2.05) is 6.07 Å². The van der Waals surface area contributed by atoms with Crippen molar-refractivity contribution in [2.24, 2.45) is 0 Å². The molecule has 1 aromatic carbocycles. The third kappa shape index (κ3) is 4.01. The molecule has 0 atom stereocenters. The fourth-order valence-corrected chi connectivity index (χ4v) is 4.16. The minimum atomic E-state index is 0. The number of carbonyl (C=O) groups is 1. The van der Waals surface area contributed by atoms with Crippen molar-refractivity contribution >= 4 is 30.0 Å². The smallest absolute Gasteiger partial charge is 0.496 e. The summed E-state index contributed by atoms with van der Waals surface area (Å²) in [7, 11) is 4.01. The van der Waals surface area contributed by atoms with Gasteiger partial charge < -0.3 is 22.8 Å². The third-order valence-corrected chi connectivity index (χ3v) is 5.30. The third-order valence-electron chi connectivity index (χ3n) is 3.33. The molecule has 0 spiro atoms. The molecule has 0 aliphatic heterocycles. The molecule has 0 radical (unpaired) electrons. The second-order valence-corrected chi connectivity index (χ2v) is 6.78. The summed E-state index contributed by atoms with van der Waals surface area (Å²) in [4.78, 5) is 12.5. The van der Waals surface area contributed by atoms with Gasteiger partial charge in [-0.25, -0.2) is 0 Å². The van der Waals surface area contributed by atoms with Gasteiger partial charge in [-0.3, -0.25) is 0 Å². The molecule has 1 aromatic rings. The van der Waals surface area contributed by atoms with Crippen LogP contribution in [0.5, 0.6) is 11.5 Å². The second kappa shape index (κ2) is 8.44. The number of rotatable bonds is 5. The van der Waals surface area contributed by atoms with Gasteiger partial charge in [0.1, 0.15) is 11.5 Å². The molecular formula is C14H17BrLiO3P. The molecule has 1 saturated carbocycles. The van der Waals surface area contributed by atoms with E-state index in [0.29, 0.717) is 22.7 Å². The maximum atomic E-state index is 12.5.